The molecule has 0 saturated heterocycles. The van der Waals surface area contributed by atoms with Crippen LogP contribution in [0.1, 0.15) is 24.1 Å². The molecule has 0 aliphatic carbocycles. The van der Waals surface area contributed by atoms with Crippen LogP contribution in [0.5, 0.6) is 0 Å². The van der Waals surface area contributed by atoms with Gasteiger partial charge < -0.3 is 4.98 Å². The number of hydrogen-bond donors (Lipinski definition) is 1. The first-order chi connectivity index (χ1) is 5.77. The van der Waals surface area contributed by atoms with E-state index in [0.29, 0.717) is 0 Å². The number of nitrogens with zero attached hydrogens (tertiary/aromatic N) is 1. The van der Waals surface area contributed by atoms with Gasteiger partial charge in [-0.1, -0.05) is 12.7 Å². The molecular formula is C10H12N2. The van der Waals surface area contributed by atoms with Crippen molar-refractivity contribution in [2.24, 2.45) is 0 Å². The Hall–Kier alpha value is -1.53. The van der Waals surface area contributed by atoms with Crippen molar-refractivity contribution in [3.05, 3.63) is 35.6 Å². The molecule has 1 rings (SSSR count). The largest absolute Gasteiger partial charge is 0.342 e. The van der Waals surface area contributed by atoms with E-state index in [-0.39, 0.29) is 0 Å². The van der Waals surface area contributed by atoms with Crippen molar-refractivity contribution in [1.29, 1.82) is 0 Å². The van der Waals surface area contributed by atoms with E-state index in [1.165, 1.54) is 0 Å². The third-order valence-electron chi connectivity index (χ3n) is 1.45. The molecule has 1 aromatic heterocycles. The lowest BCUT2D eigenvalue weighted by molar-refractivity contribution is 1.14. The number of nitrogens with one attached hydrogen (secondary N) is 1. The maximum atomic E-state index is 4.25. The summed E-state index contributed by atoms with van der Waals surface area (Å²) >= 11 is 0. The number of H-pyrrole nitrogens is 1. The fourth-order valence-electron chi connectivity index (χ4n) is 1.03. The van der Waals surface area contributed by atoms with Gasteiger partial charge in [0.2, 0.25) is 0 Å². The van der Waals surface area contributed by atoms with Crippen molar-refractivity contribution in [2.45, 2.75) is 13.8 Å². The SMILES string of the molecule is C=C=Cc1nc(C)[nH]c1/C=C\C. The maximum absolute atomic E-state index is 4.25. The van der Waals surface area contributed by atoms with E-state index in [9.17, 15) is 0 Å². The van der Waals surface area contributed by atoms with Gasteiger partial charge in [0, 0.05) is 6.08 Å². The van der Waals surface area contributed by atoms with Crippen LogP contribution in [0.3, 0.4) is 0 Å². The number of aryl methyl sites for hydroxylation is 1. The van der Waals surface area contributed by atoms with Gasteiger partial charge in [-0.2, -0.15) is 0 Å². The Kier molecular flexibility index (Phi) is 2.67. The Bertz CT molecular complexity index is 339. The predicted molar refractivity (Wildman–Crippen MR) is 51.6 cm³/mol. The van der Waals surface area contributed by atoms with Crippen LogP contribution in [0.4, 0.5) is 0 Å². The molecule has 2 nitrogen and oxygen atoms in total. The number of imidazole rings is 1. The first kappa shape index (κ1) is 8.57. The lowest BCUT2D eigenvalue weighted by atomic mass is 10.3. The molecule has 0 bridgehead atoms. The normalized spacial score (nSPS) is 10.2. The average molecular weight is 160 g/mol. The van der Waals surface area contributed by atoms with Crippen molar-refractivity contribution in [3.63, 3.8) is 0 Å². The zero-order chi connectivity index (χ0) is 8.97. The van der Waals surface area contributed by atoms with Crippen LogP contribution in [-0.2, 0) is 0 Å². The lowest BCUT2D eigenvalue weighted by Crippen LogP contribution is -1.75. The van der Waals surface area contributed by atoms with Crippen LogP contribution in [0.25, 0.3) is 12.2 Å². The highest BCUT2D eigenvalue weighted by Gasteiger charge is 1.99. The number of allylic oxidation sites excluding steroid dienone is 1. The topological polar surface area (TPSA) is 28.7 Å². The van der Waals surface area contributed by atoms with Gasteiger partial charge in [-0.25, -0.2) is 4.98 Å². The van der Waals surface area contributed by atoms with Gasteiger partial charge in [0.05, 0.1) is 11.4 Å². The molecule has 12 heavy (non-hydrogen) atoms. The molecule has 0 saturated carbocycles. The fourth-order valence-corrected chi connectivity index (χ4v) is 1.03. The molecule has 0 radical (unpaired) electrons. The molecule has 1 aromatic rings. The monoisotopic (exact) mass is 160 g/mol. The third kappa shape index (κ3) is 1.74. The summed E-state index contributed by atoms with van der Waals surface area (Å²) in [5.74, 6) is 0.907. The van der Waals surface area contributed by atoms with Crippen molar-refractivity contribution in [2.75, 3.05) is 0 Å². The molecule has 1 N–H and O–H groups in total. The van der Waals surface area contributed by atoms with Gasteiger partial charge >= 0.3 is 0 Å². The summed E-state index contributed by atoms with van der Waals surface area (Å²) in [6.45, 7) is 7.40. The van der Waals surface area contributed by atoms with E-state index in [0.717, 1.165) is 17.2 Å². The minimum Gasteiger partial charge on any atom is -0.342 e. The van der Waals surface area contributed by atoms with E-state index in [2.05, 4.69) is 22.3 Å². The van der Waals surface area contributed by atoms with E-state index in [1.807, 2.05) is 26.0 Å². The minimum absolute atomic E-state index is 0.889. The highest BCUT2D eigenvalue weighted by Crippen LogP contribution is 2.08. The highest BCUT2D eigenvalue weighted by molar-refractivity contribution is 5.59. The van der Waals surface area contributed by atoms with E-state index in [1.54, 1.807) is 6.08 Å². The van der Waals surface area contributed by atoms with Crippen LogP contribution in [0.2, 0.25) is 0 Å². The second-order valence-electron chi connectivity index (χ2n) is 2.47. The zero-order valence-corrected chi connectivity index (χ0v) is 7.39. The molecule has 0 spiro atoms. The predicted octanol–water partition coefficient (Wildman–Crippen LogP) is 2.55. The van der Waals surface area contributed by atoms with Crippen LogP contribution >= 0.6 is 0 Å². The van der Waals surface area contributed by atoms with Gasteiger partial charge in [0.25, 0.3) is 0 Å². The number of aromatic amines is 1. The molecule has 0 amide bonds. The van der Waals surface area contributed by atoms with Crippen molar-refractivity contribution >= 4 is 12.2 Å². The van der Waals surface area contributed by atoms with Gasteiger partial charge in [0.15, 0.2) is 0 Å². The van der Waals surface area contributed by atoms with Crippen LogP contribution in [-0.4, -0.2) is 9.97 Å². The summed E-state index contributed by atoms with van der Waals surface area (Å²) in [5, 5.41) is 0. The summed E-state index contributed by atoms with van der Waals surface area (Å²) in [7, 11) is 0. The van der Waals surface area contributed by atoms with Gasteiger partial charge in [-0.3, -0.25) is 0 Å². The Morgan fingerprint density at radius 1 is 1.58 bits per heavy atom. The lowest BCUT2D eigenvalue weighted by Gasteiger charge is -1.85. The maximum Gasteiger partial charge on any atom is 0.104 e. The molecular weight excluding hydrogens is 148 g/mol. The van der Waals surface area contributed by atoms with Crippen LogP contribution < -0.4 is 0 Å². The quantitative estimate of drug-likeness (QED) is 0.662. The molecule has 0 aromatic carbocycles. The summed E-state index contributed by atoms with van der Waals surface area (Å²) in [6.07, 6.45) is 5.70. The second kappa shape index (κ2) is 3.74. The summed E-state index contributed by atoms with van der Waals surface area (Å²) < 4.78 is 0. The molecule has 0 atom stereocenters. The van der Waals surface area contributed by atoms with E-state index >= 15 is 0 Å². The van der Waals surface area contributed by atoms with E-state index in [4.69, 9.17) is 0 Å². The molecule has 0 fully saturated rings. The van der Waals surface area contributed by atoms with Gasteiger partial charge in [-0.05, 0) is 19.9 Å². The number of rotatable bonds is 2. The molecule has 0 aliphatic rings. The Morgan fingerprint density at radius 3 is 2.92 bits per heavy atom. The smallest absolute Gasteiger partial charge is 0.104 e. The minimum atomic E-state index is 0.889. The molecule has 0 aliphatic heterocycles. The van der Waals surface area contributed by atoms with Crippen LogP contribution in [0, 0.1) is 6.92 Å². The van der Waals surface area contributed by atoms with Gasteiger partial charge in [-0.15, -0.1) is 5.73 Å². The molecule has 1 heterocycles. The van der Waals surface area contributed by atoms with Crippen molar-refractivity contribution in [3.8, 4) is 0 Å². The van der Waals surface area contributed by atoms with Crippen LogP contribution in [0.15, 0.2) is 18.4 Å². The Balaban J connectivity index is 3.16. The Morgan fingerprint density at radius 2 is 2.33 bits per heavy atom. The summed E-state index contributed by atoms with van der Waals surface area (Å²) in [4.78, 5) is 7.39. The standard InChI is InChI=1S/C10H12N2/c1-4-6-9-10(7-5-2)12-8(3)11-9/h5-7H,1H2,2-3H3,(H,11,12)/b7-5-. The number of hydrogen-bond acceptors (Lipinski definition) is 1. The average Bonchev–Trinajstić information content (AvgIpc) is 2.33. The first-order valence-corrected chi connectivity index (χ1v) is 3.83. The molecule has 2 heteroatoms. The van der Waals surface area contributed by atoms with Gasteiger partial charge in [0.1, 0.15) is 5.82 Å². The molecule has 62 valence electrons. The van der Waals surface area contributed by atoms with Crippen molar-refractivity contribution in [1.82, 2.24) is 9.97 Å². The molecule has 0 unspecified atom stereocenters. The summed E-state index contributed by atoms with van der Waals surface area (Å²) in [5.41, 5.74) is 4.60. The third-order valence-corrected chi connectivity index (χ3v) is 1.45. The van der Waals surface area contributed by atoms with E-state index < -0.39 is 0 Å². The van der Waals surface area contributed by atoms with Crippen molar-refractivity contribution < 1.29 is 0 Å². The number of aromatic nitrogens is 2. The second-order valence-corrected chi connectivity index (χ2v) is 2.47. The Labute approximate surface area is 72.3 Å². The first-order valence-electron chi connectivity index (χ1n) is 3.83. The summed E-state index contributed by atoms with van der Waals surface area (Å²) in [6, 6.07) is 0. The zero-order valence-electron chi connectivity index (χ0n) is 7.39. The fraction of sp³-hybridized carbons (Fsp3) is 0.200. The highest BCUT2D eigenvalue weighted by atomic mass is 14.9.